The number of carbonyl (C=O) groups is 1. The number of nitrogens with zero attached hydrogens (tertiary/aromatic N) is 3. The summed E-state index contributed by atoms with van der Waals surface area (Å²) in [5.74, 6) is 0.482. The molecule has 0 aromatic carbocycles. The fraction of sp³-hybridized carbons (Fsp3) is 0.333. The van der Waals surface area contributed by atoms with Crippen molar-refractivity contribution in [1.29, 1.82) is 0 Å². The van der Waals surface area contributed by atoms with E-state index in [-0.39, 0.29) is 17.3 Å². The maximum Gasteiger partial charge on any atom is 0.256 e. The van der Waals surface area contributed by atoms with E-state index < -0.39 is 0 Å². The summed E-state index contributed by atoms with van der Waals surface area (Å²) in [6, 6.07) is 1.99. The maximum atomic E-state index is 11.9. The zero-order valence-electron chi connectivity index (χ0n) is 10.3. The molecular formula is C12H14N6O. The molecule has 1 aliphatic carbocycles. The molecule has 1 fully saturated rings. The normalized spacial score (nSPS) is 14.3. The number of H-pyrrole nitrogens is 1. The van der Waals surface area contributed by atoms with Crippen LogP contribution in [0.3, 0.4) is 0 Å². The van der Waals surface area contributed by atoms with Gasteiger partial charge in [-0.2, -0.15) is 5.10 Å². The third kappa shape index (κ3) is 2.54. The number of rotatable bonds is 4. The van der Waals surface area contributed by atoms with Crippen LogP contribution in [0.1, 0.15) is 40.5 Å². The predicted octanol–water partition coefficient (Wildman–Crippen LogP) is 0.589. The number of hydrogen-bond donors (Lipinski definition) is 3. The first-order chi connectivity index (χ1) is 9.24. The lowest BCUT2D eigenvalue weighted by atomic mass is 10.2. The Morgan fingerprint density at radius 2 is 2.37 bits per heavy atom. The van der Waals surface area contributed by atoms with E-state index in [4.69, 9.17) is 5.73 Å². The zero-order valence-corrected chi connectivity index (χ0v) is 10.3. The molecule has 7 heteroatoms. The number of aromatic amines is 1. The number of nitrogen functional groups attached to an aromatic ring is 1. The number of anilines is 1. The minimum absolute atomic E-state index is 0.177. The van der Waals surface area contributed by atoms with Gasteiger partial charge in [0, 0.05) is 12.1 Å². The first kappa shape index (κ1) is 11.6. The molecule has 2 aromatic heterocycles. The SMILES string of the molecule is Nc1ncncc1C(=O)NCc1cc(C2CC2)n[nH]1. The molecule has 1 saturated carbocycles. The van der Waals surface area contributed by atoms with Crippen molar-refractivity contribution in [2.45, 2.75) is 25.3 Å². The van der Waals surface area contributed by atoms with Gasteiger partial charge in [-0.1, -0.05) is 0 Å². The van der Waals surface area contributed by atoms with Crippen LogP contribution in [-0.2, 0) is 6.54 Å². The average molecular weight is 258 g/mol. The van der Waals surface area contributed by atoms with Gasteiger partial charge in [0.25, 0.3) is 5.91 Å². The molecule has 0 bridgehead atoms. The molecule has 0 saturated heterocycles. The molecule has 2 heterocycles. The van der Waals surface area contributed by atoms with Crippen LogP contribution in [0.5, 0.6) is 0 Å². The van der Waals surface area contributed by atoms with Crippen molar-refractivity contribution in [3.8, 4) is 0 Å². The summed E-state index contributed by atoms with van der Waals surface area (Å²) >= 11 is 0. The van der Waals surface area contributed by atoms with Crippen LogP contribution in [0, 0.1) is 0 Å². The third-order valence-electron chi connectivity index (χ3n) is 3.07. The van der Waals surface area contributed by atoms with Crippen molar-refractivity contribution in [2.24, 2.45) is 0 Å². The summed E-state index contributed by atoms with van der Waals surface area (Å²) in [4.78, 5) is 19.4. The van der Waals surface area contributed by atoms with E-state index in [1.165, 1.54) is 25.4 Å². The van der Waals surface area contributed by atoms with Gasteiger partial charge in [0.05, 0.1) is 23.5 Å². The summed E-state index contributed by atoms with van der Waals surface area (Å²) < 4.78 is 0. The van der Waals surface area contributed by atoms with Crippen LogP contribution in [0.15, 0.2) is 18.6 Å². The van der Waals surface area contributed by atoms with E-state index in [2.05, 4.69) is 25.5 Å². The average Bonchev–Trinajstić information content (AvgIpc) is 3.16. The van der Waals surface area contributed by atoms with Crippen molar-refractivity contribution >= 4 is 11.7 Å². The molecule has 0 aliphatic heterocycles. The van der Waals surface area contributed by atoms with Crippen molar-refractivity contribution in [3.05, 3.63) is 35.5 Å². The van der Waals surface area contributed by atoms with Gasteiger partial charge in [0.2, 0.25) is 0 Å². The van der Waals surface area contributed by atoms with E-state index in [0.717, 1.165) is 11.4 Å². The second-order valence-corrected chi connectivity index (χ2v) is 4.60. The van der Waals surface area contributed by atoms with E-state index in [0.29, 0.717) is 12.5 Å². The molecule has 2 aromatic rings. The van der Waals surface area contributed by atoms with Crippen LogP contribution in [0.25, 0.3) is 0 Å². The van der Waals surface area contributed by atoms with Gasteiger partial charge < -0.3 is 11.1 Å². The highest BCUT2D eigenvalue weighted by Crippen LogP contribution is 2.38. The molecular weight excluding hydrogens is 244 g/mol. The van der Waals surface area contributed by atoms with Crippen molar-refractivity contribution in [1.82, 2.24) is 25.5 Å². The second-order valence-electron chi connectivity index (χ2n) is 4.60. The Balaban J connectivity index is 1.62. The lowest BCUT2D eigenvalue weighted by molar-refractivity contribution is 0.0950. The number of aromatic nitrogens is 4. The Morgan fingerprint density at radius 1 is 1.53 bits per heavy atom. The summed E-state index contributed by atoms with van der Waals surface area (Å²) in [6.45, 7) is 0.382. The highest BCUT2D eigenvalue weighted by molar-refractivity contribution is 5.97. The zero-order chi connectivity index (χ0) is 13.2. The van der Waals surface area contributed by atoms with Crippen LogP contribution in [0.2, 0.25) is 0 Å². The summed E-state index contributed by atoms with van der Waals surface area (Å²) in [5, 5.41) is 9.90. The summed E-state index contributed by atoms with van der Waals surface area (Å²) in [6.07, 6.45) is 5.12. The van der Waals surface area contributed by atoms with Gasteiger partial charge in [-0.25, -0.2) is 9.97 Å². The van der Waals surface area contributed by atoms with Gasteiger partial charge in [-0.05, 0) is 18.9 Å². The van der Waals surface area contributed by atoms with Crippen LogP contribution in [-0.4, -0.2) is 26.1 Å². The molecule has 3 rings (SSSR count). The molecule has 0 atom stereocenters. The molecule has 19 heavy (non-hydrogen) atoms. The molecule has 0 radical (unpaired) electrons. The molecule has 98 valence electrons. The topological polar surface area (TPSA) is 110 Å². The molecule has 7 nitrogen and oxygen atoms in total. The minimum Gasteiger partial charge on any atom is -0.383 e. The fourth-order valence-corrected chi connectivity index (χ4v) is 1.84. The monoisotopic (exact) mass is 258 g/mol. The first-order valence-electron chi connectivity index (χ1n) is 6.12. The van der Waals surface area contributed by atoms with E-state index >= 15 is 0 Å². The van der Waals surface area contributed by atoms with E-state index in [1.807, 2.05) is 6.07 Å². The Hall–Kier alpha value is -2.44. The van der Waals surface area contributed by atoms with Crippen LogP contribution < -0.4 is 11.1 Å². The number of nitrogens with one attached hydrogen (secondary N) is 2. The van der Waals surface area contributed by atoms with Crippen LogP contribution >= 0.6 is 0 Å². The Morgan fingerprint density at radius 3 is 3.11 bits per heavy atom. The van der Waals surface area contributed by atoms with Crippen molar-refractivity contribution in [3.63, 3.8) is 0 Å². The van der Waals surface area contributed by atoms with Crippen LogP contribution in [0.4, 0.5) is 5.82 Å². The van der Waals surface area contributed by atoms with E-state index in [9.17, 15) is 4.79 Å². The van der Waals surface area contributed by atoms with Crippen molar-refractivity contribution < 1.29 is 4.79 Å². The van der Waals surface area contributed by atoms with E-state index in [1.54, 1.807) is 0 Å². The Bertz CT molecular complexity index is 604. The Kier molecular flexibility index (Phi) is 2.86. The molecule has 1 aliphatic rings. The second kappa shape index (κ2) is 4.68. The molecule has 0 spiro atoms. The molecule has 1 amide bonds. The standard InChI is InChI=1S/C12H14N6O/c13-11-9(5-14-6-16-11)12(19)15-4-8-3-10(18-17-8)7-1-2-7/h3,5-7H,1-2,4H2,(H,15,19)(H,17,18)(H2,13,14,16). The van der Waals surface area contributed by atoms with Gasteiger partial charge in [-0.15, -0.1) is 0 Å². The third-order valence-corrected chi connectivity index (χ3v) is 3.07. The lowest BCUT2D eigenvalue weighted by Crippen LogP contribution is -2.24. The number of amides is 1. The smallest absolute Gasteiger partial charge is 0.256 e. The van der Waals surface area contributed by atoms with Gasteiger partial charge >= 0.3 is 0 Å². The molecule has 0 unspecified atom stereocenters. The molecule has 4 N–H and O–H groups in total. The van der Waals surface area contributed by atoms with Crippen molar-refractivity contribution in [2.75, 3.05) is 5.73 Å². The number of hydrogen-bond acceptors (Lipinski definition) is 5. The predicted molar refractivity (Wildman–Crippen MR) is 68.2 cm³/mol. The fourth-order valence-electron chi connectivity index (χ4n) is 1.84. The quantitative estimate of drug-likeness (QED) is 0.743. The lowest BCUT2D eigenvalue weighted by Gasteiger charge is -2.04. The van der Waals surface area contributed by atoms with Gasteiger partial charge in [0.15, 0.2) is 0 Å². The van der Waals surface area contributed by atoms with Gasteiger partial charge in [-0.3, -0.25) is 9.89 Å². The highest BCUT2D eigenvalue weighted by atomic mass is 16.1. The number of nitrogens with two attached hydrogens (primary N) is 1. The largest absolute Gasteiger partial charge is 0.383 e. The highest BCUT2D eigenvalue weighted by Gasteiger charge is 2.26. The number of carbonyl (C=O) groups excluding carboxylic acids is 1. The first-order valence-corrected chi connectivity index (χ1v) is 6.12. The maximum absolute atomic E-state index is 11.9. The summed E-state index contributed by atoms with van der Waals surface area (Å²) in [5.41, 5.74) is 7.85. The van der Waals surface area contributed by atoms with Gasteiger partial charge in [0.1, 0.15) is 12.1 Å². The summed E-state index contributed by atoms with van der Waals surface area (Å²) in [7, 11) is 0. The minimum atomic E-state index is -0.291. The Labute approximate surface area is 109 Å².